The van der Waals surface area contributed by atoms with Gasteiger partial charge in [-0.1, -0.05) is 34.1 Å². The van der Waals surface area contributed by atoms with Crippen LogP contribution in [-0.2, 0) is 14.3 Å². The van der Waals surface area contributed by atoms with Crippen LogP contribution in [0.5, 0.6) is 0 Å². The van der Waals surface area contributed by atoms with Gasteiger partial charge in [0.1, 0.15) is 6.54 Å². The van der Waals surface area contributed by atoms with Crippen LogP contribution in [0.3, 0.4) is 0 Å². The zero-order valence-corrected chi connectivity index (χ0v) is 14.1. The molecule has 0 aromatic heterocycles. The summed E-state index contributed by atoms with van der Waals surface area (Å²) < 4.78 is 4.89. The summed E-state index contributed by atoms with van der Waals surface area (Å²) in [7, 11) is 0. The van der Waals surface area contributed by atoms with E-state index in [1.54, 1.807) is 6.92 Å². The molecule has 6 heteroatoms. The first-order valence-corrected chi connectivity index (χ1v) is 6.94. The Bertz CT molecular complexity index is 303. The minimum atomic E-state index is -0.612. The molecule has 0 heterocycles. The van der Waals surface area contributed by atoms with Gasteiger partial charge in [-0.25, -0.2) is 0 Å². The van der Waals surface area contributed by atoms with Crippen LogP contribution in [-0.4, -0.2) is 42.5 Å². The average Bonchev–Trinajstić information content (AvgIpc) is 2.31. The standard InChI is InChI=1S/C14H28N2O3.ClH/c1-6-8-9-16(10-11(17)19-7-2)13(18)12(15)14(3,4)5;/h12H,6-10,15H2,1-5H3;1H/t12-;/m1./s1. The van der Waals surface area contributed by atoms with E-state index in [4.69, 9.17) is 10.5 Å². The van der Waals surface area contributed by atoms with E-state index in [9.17, 15) is 9.59 Å². The highest BCUT2D eigenvalue weighted by molar-refractivity contribution is 5.86. The molecule has 0 bridgehead atoms. The molecule has 0 fully saturated rings. The normalized spacial score (nSPS) is 12.3. The zero-order valence-electron chi connectivity index (χ0n) is 13.3. The minimum absolute atomic E-state index is 0. The van der Waals surface area contributed by atoms with Gasteiger partial charge in [-0.2, -0.15) is 0 Å². The lowest BCUT2D eigenvalue weighted by Crippen LogP contribution is -2.52. The van der Waals surface area contributed by atoms with Gasteiger partial charge in [0.15, 0.2) is 0 Å². The van der Waals surface area contributed by atoms with E-state index in [-0.39, 0.29) is 36.2 Å². The third-order valence-corrected chi connectivity index (χ3v) is 2.92. The van der Waals surface area contributed by atoms with Crippen LogP contribution in [0.4, 0.5) is 0 Å². The van der Waals surface area contributed by atoms with E-state index in [1.807, 2.05) is 27.7 Å². The SMILES string of the molecule is CCCCN(CC(=O)OCC)C(=O)[C@@H](N)C(C)(C)C.Cl. The molecule has 0 unspecified atom stereocenters. The fourth-order valence-electron chi connectivity index (χ4n) is 1.55. The highest BCUT2D eigenvalue weighted by Gasteiger charge is 2.31. The van der Waals surface area contributed by atoms with Gasteiger partial charge < -0.3 is 15.4 Å². The lowest BCUT2D eigenvalue weighted by atomic mass is 9.86. The van der Waals surface area contributed by atoms with Crippen molar-refractivity contribution < 1.29 is 14.3 Å². The molecule has 5 nitrogen and oxygen atoms in total. The van der Waals surface area contributed by atoms with Gasteiger partial charge in [0.2, 0.25) is 5.91 Å². The monoisotopic (exact) mass is 308 g/mol. The topological polar surface area (TPSA) is 72.6 Å². The van der Waals surface area contributed by atoms with Gasteiger partial charge in [0.05, 0.1) is 12.6 Å². The number of nitrogens with two attached hydrogens (primary N) is 1. The minimum Gasteiger partial charge on any atom is -0.465 e. The van der Waals surface area contributed by atoms with E-state index in [0.29, 0.717) is 13.2 Å². The Morgan fingerprint density at radius 1 is 1.25 bits per heavy atom. The molecule has 0 rings (SSSR count). The molecule has 0 aliphatic heterocycles. The van der Waals surface area contributed by atoms with Gasteiger partial charge in [-0.15, -0.1) is 12.4 Å². The summed E-state index contributed by atoms with van der Waals surface area (Å²) in [4.78, 5) is 25.4. The summed E-state index contributed by atoms with van der Waals surface area (Å²) in [6.07, 6.45) is 1.80. The van der Waals surface area contributed by atoms with E-state index >= 15 is 0 Å². The van der Waals surface area contributed by atoms with Crippen molar-refractivity contribution in [1.29, 1.82) is 0 Å². The Kier molecular flexibility index (Phi) is 10.7. The maximum absolute atomic E-state index is 12.3. The molecule has 0 aromatic carbocycles. The number of esters is 1. The lowest BCUT2D eigenvalue weighted by molar-refractivity contribution is -0.150. The number of unbranched alkanes of at least 4 members (excludes halogenated alkanes) is 1. The molecule has 20 heavy (non-hydrogen) atoms. The maximum atomic E-state index is 12.3. The predicted octanol–water partition coefficient (Wildman–Crippen LogP) is 1.97. The molecule has 0 saturated carbocycles. The summed E-state index contributed by atoms with van der Waals surface area (Å²) in [5.74, 6) is -0.568. The number of hydrogen-bond donors (Lipinski definition) is 1. The average molecular weight is 309 g/mol. The van der Waals surface area contributed by atoms with Crippen molar-refractivity contribution in [3.05, 3.63) is 0 Å². The second-order valence-electron chi connectivity index (χ2n) is 5.76. The molecule has 0 aliphatic rings. The molecule has 120 valence electrons. The summed E-state index contributed by atoms with van der Waals surface area (Å²) in [5.41, 5.74) is 5.65. The Labute approximate surface area is 128 Å². The molecule has 2 N–H and O–H groups in total. The Morgan fingerprint density at radius 2 is 1.80 bits per heavy atom. The number of amides is 1. The summed E-state index contributed by atoms with van der Waals surface area (Å²) in [6.45, 7) is 10.4. The first kappa shape index (κ1) is 21.5. The first-order valence-electron chi connectivity index (χ1n) is 6.94. The number of ether oxygens (including phenoxy) is 1. The molecule has 0 aromatic rings. The molecule has 1 amide bonds. The van der Waals surface area contributed by atoms with Gasteiger partial charge in [0.25, 0.3) is 0 Å². The number of carbonyl (C=O) groups excluding carboxylic acids is 2. The van der Waals surface area contributed by atoms with E-state index in [0.717, 1.165) is 12.8 Å². The van der Waals surface area contributed by atoms with Crippen LogP contribution in [0, 0.1) is 5.41 Å². The summed E-state index contributed by atoms with van der Waals surface area (Å²) in [6, 6.07) is -0.612. The van der Waals surface area contributed by atoms with Gasteiger partial charge in [-0.05, 0) is 18.8 Å². The first-order chi connectivity index (χ1) is 8.73. The van der Waals surface area contributed by atoms with Crippen LogP contribution in [0.15, 0.2) is 0 Å². The summed E-state index contributed by atoms with van der Waals surface area (Å²) >= 11 is 0. The van der Waals surface area contributed by atoms with Crippen LogP contribution < -0.4 is 5.73 Å². The van der Waals surface area contributed by atoms with Crippen molar-refractivity contribution in [1.82, 2.24) is 4.90 Å². The summed E-state index contributed by atoms with van der Waals surface area (Å²) in [5, 5.41) is 0. The highest BCUT2D eigenvalue weighted by Crippen LogP contribution is 2.19. The van der Waals surface area contributed by atoms with Crippen molar-refractivity contribution in [2.45, 2.75) is 53.5 Å². The van der Waals surface area contributed by atoms with Crippen molar-refractivity contribution in [3.8, 4) is 0 Å². The zero-order chi connectivity index (χ0) is 15.1. The maximum Gasteiger partial charge on any atom is 0.325 e. The van der Waals surface area contributed by atoms with E-state index in [1.165, 1.54) is 4.90 Å². The van der Waals surface area contributed by atoms with Crippen LogP contribution in [0.1, 0.15) is 47.5 Å². The second kappa shape index (κ2) is 10.00. The highest BCUT2D eigenvalue weighted by atomic mass is 35.5. The van der Waals surface area contributed by atoms with Gasteiger partial charge >= 0.3 is 5.97 Å². The van der Waals surface area contributed by atoms with E-state index in [2.05, 4.69) is 0 Å². The number of nitrogens with zero attached hydrogens (tertiary/aromatic N) is 1. The number of halogens is 1. The van der Waals surface area contributed by atoms with Crippen LogP contribution in [0.25, 0.3) is 0 Å². The van der Waals surface area contributed by atoms with Crippen molar-refractivity contribution in [2.75, 3.05) is 19.7 Å². The van der Waals surface area contributed by atoms with Crippen molar-refractivity contribution in [3.63, 3.8) is 0 Å². The molecule has 1 atom stereocenters. The molecule has 0 spiro atoms. The number of carbonyl (C=O) groups is 2. The lowest BCUT2D eigenvalue weighted by Gasteiger charge is -2.31. The number of hydrogen-bond acceptors (Lipinski definition) is 4. The number of rotatable bonds is 7. The fourth-order valence-corrected chi connectivity index (χ4v) is 1.55. The van der Waals surface area contributed by atoms with Crippen LogP contribution in [0.2, 0.25) is 0 Å². The van der Waals surface area contributed by atoms with Gasteiger partial charge in [0, 0.05) is 6.54 Å². The third-order valence-electron chi connectivity index (χ3n) is 2.92. The molecular formula is C14H29ClN2O3. The predicted molar refractivity (Wildman–Crippen MR) is 82.8 cm³/mol. The van der Waals surface area contributed by atoms with Crippen molar-refractivity contribution in [2.24, 2.45) is 11.1 Å². The molecular weight excluding hydrogens is 280 g/mol. The largest absolute Gasteiger partial charge is 0.465 e. The molecule has 0 saturated heterocycles. The van der Waals surface area contributed by atoms with E-state index < -0.39 is 6.04 Å². The Hall–Kier alpha value is -0.810. The Balaban J connectivity index is 0. The quantitative estimate of drug-likeness (QED) is 0.730. The van der Waals surface area contributed by atoms with Gasteiger partial charge in [-0.3, -0.25) is 9.59 Å². The van der Waals surface area contributed by atoms with Crippen molar-refractivity contribution >= 4 is 24.3 Å². The Morgan fingerprint density at radius 3 is 2.20 bits per heavy atom. The van der Waals surface area contributed by atoms with Crippen LogP contribution >= 0.6 is 12.4 Å². The third kappa shape index (κ3) is 7.70. The smallest absolute Gasteiger partial charge is 0.325 e. The molecule has 0 radical (unpaired) electrons. The molecule has 0 aliphatic carbocycles. The fraction of sp³-hybridized carbons (Fsp3) is 0.857. The second-order valence-corrected chi connectivity index (χ2v) is 5.76.